The largest absolute Gasteiger partial charge is 0.493 e. The van der Waals surface area contributed by atoms with Crippen LogP contribution in [0.5, 0.6) is 5.75 Å². The van der Waals surface area contributed by atoms with E-state index in [1.807, 2.05) is 32.2 Å². The Bertz CT molecular complexity index is 424. The molecule has 0 aliphatic heterocycles. The van der Waals surface area contributed by atoms with Gasteiger partial charge in [0.15, 0.2) is 0 Å². The molecule has 0 spiro atoms. The van der Waals surface area contributed by atoms with Crippen LogP contribution in [-0.4, -0.2) is 32.7 Å². The van der Waals surface area contributed by atoms with Gasteiger partial charge in [-0.25, -0.2) is 0 Å². The first kappa shape index (κ1) is 16.8. The Balaban J connectivity index is 2.11. The van der Waals surface area contributed by atoms with E-state index in [0.717, 1.165) is 30.7 Å². The zero-order valence-corrected chi connectivity index (χ0v) is 12.9. The van der Waals surface area contributed by atoms with E-state index in [9.17, 15) is 4.79 Å². The second kappa shape index (κ2) is 9.61. The molecule has 1 amide bonds. The molecule has 0 saturated heterocycles. The fourth-order valence-corrected chi connectivity index (χ4v) is 2.00. The maximum atomic E-state index is 11.4. The molecule has 0 atom stereocenters. The first-order valence-corrected chi connectivity index (χ1v) is 7.31. The Morgan fingerprint density at radius 2 is 2.10 bits per heavy atom. The number of hydrogen-bond acceptors (Lipinski definition) is 3. The second-order valence-corrected chi connectivity index (χ2v) is 5.11. The summed E-state index contributed by atoms with van der Waals surface area (Å²) in [5, 5.41) is 6.61. The van der Waals surface area contributed by atoms with Gasteiger partial charge >= 0.3 is 0 Å². The van der Waals surface area contributed by atoms with Crippen LogP contribution in [0.1, 0.15) is 24.8 Å². The van der Waals surface area contributed by atoms with Crippen LogP contribution in [0.15, 0.2) is 18.2 Å². The molecule has 1 aromatic rings. The zero-order valence-electron chi connectivity index (χ0n) is 12.2. The summed E-state index contributed by atoms with van der Waals surface area (Å²) in [5.41, 5.74) is 1.02. The van der Waals surface area contributed by atoms with Gasteiger partial charge in [-0.3, -0.25) is 4.79 Å². The summed E-state index contributed by atoms with van der Waals surface area (Å²) >= 11 is 5.88. The van der Waals surface area contributed by atoms with Crippen LogP contribution in [0.4, 0.5) is 0 Å². The molecule has 112 valence electrons. The van der Waals surface area contributed by atoms with Crippen LogP contribution < -0.4 is 15.4 Å². The van der Waals surface area contributed by atoms with Crippen LogP contribution in [0.3, 0.4) is 0 Å². The minimum absolute atomic E-state index is 0.0999. The van der Waals surface area contributed by atoms with Crippen LogP contribution in [0, 0.1) is 6.92 Å². The summed E-state index contributed by atoms with van der Waals surface area (Å²) in [6, 6.07) is 5.56. The number of aryl methyl sites for hydroxylation is 1. The Morgan fingerprint density at radius 1 is 1.30 bits per heavy atom. The predicted octanol–water partition coefficient (Wildman–Crippen LogP) is 2.53. The lowest BCUT2D eigenvalue weighted by Crippen LogP contribution is -2.26. The van der Waals surface area contributed by atoms with Crippen LogP contribution >= 0.6 is 11.6 Å². The summed E-state index contributed by atoms with van der Waals surface area (Å²) in [6.07, 6.45) is 2.22. The minimum Gasteiger partial charge on any atom is -0.493 e. The molecule has 0 saturated carbocycles. The van der Waals surface area contributed by atoms with Gasteiger partial charge in [0.05, 0.1) is 6.61 Å². The van der Waals surface area contributed by atoms with E-state index in [0.29, 0.717) is 24.6 Å². The third-order valence-electron chi connectivity index (χ3n) is 2.87. The molecule has 0 radical (unpaired) electrons. The van der Waals surface area contributed by atoms with Gasteiger partial charge in [0, 0.05) is 18.0 Å². The van der Waals surface area contributed by atoms with Gasteiger partial charge in [0.2, 0.25) is 5.91 Å². The topological polar surface area (TPSA) is 50.4 Å². The van der Waals surface area contributed by atoms with Crippen LogP contribution in [0.25, 0.3) is 0 Å². The van der Waals surface area contributed by atoms with Crippen molar-refractivity contribution in [3.8, 4) is 5.75 Å². The number of amides is 1. The lowest BCUT2D eigenvalue weighted by molar-refractivity contribution is -0.121. The molecule has 0 aliphatic carbocycles. The smallest absolute Gasteiger partial charge is 0.220 e. The molecule has 2 N–H and O–H groups in total. The van der Waals surface area contributed by atoms with Gasteiger partial charge in [-0.2, -0.15) is 0 Å². The number of rotatable bonds is 9. The summed E-state index contributed by atoms with van der Waals surface area (Å²) < 4.78 is 5.65. The second-order valence-electron chi connectivity index (χ2n) is 4.67. The van der Waals surface area contributed by atoms with Crippen molar-refractivity contribution in [2.45, 2.75) is 26.2 Å². The molecule has 0 unspecified atom stereocenters. The molecule has 0 aromatic heterocycles. The fraction of sp³-hybridized carbons (Fsp3) is 0.533. The highest BCUT2D eigenvalue weighted by Crippen LogP contribution is 2.21. The first-order valence-electron chi connectivity index (χ1n) is 6.93. The molecule has 0 bridgehead atoms. The maximum absolute atomic E-state index is 11.4. The van der Waals surface area contributed by atoms with Crippen LogP contribution in [-0.2, 0) is 4.79 Å². The lowest BCUT2D eigenvalue weighted by atomic mass is 10.2. The summed E-state index contributed by atoms with van der Waals surface area (Å²) in [5.74, 6) is 0.942. The van der Waals surface area contributed by atoms with Gasteiger partial charge in [-0.1, -0.05) is 11.6 Å². The molecule has 4 nitrogen and oxygen atoms in total. The van der Waals surface area contributed by atoms with E-state index in [1.54, 1.807) is 0 Å². The van der Waals surface area contributed by atoms with Gasteiger partial charge in [0.1, 0.15) is 5.75 Å². The normalized spacial score (nSPS) is 10.3. The van der Waals surface area contributed by atoms with E-state index in [-0.39, 0.29) is 5.91 Å². The van der Waals surface area contributed by atoms with E-state index in [2.05, 4.69) is 10.6 Å². The molecule has 0 heterocycles. The number of nitrogens with one attached hydrogen (secondary N) is 2. The van der Waals surface area contributed by atoms with Crippen molar-refractivity contribution >= 4 is 17.5 Å². The fourth-order valence-electron chi connectivity index (χ4n) is 1.77. The maximum Gasteiger partial charge on any atom is 0.220 e. The van der Waals surface area contributed by atoms with Gasteiger partial charge in [0.25, 0.3) is 0 Å². The van der Waals surface area contributed by atoms with Crippen molar-refractivity contribution in [1.82, 2.24) is 10.6 Å². The van der Waals surface area contributed by atoms with E-state index in [1.165, 1.54) is 0 Å². The highest BCUT2D eigenvalue weighted by molar-refractivity contribution is 6.30. The molecule has 20 heavy (non-hydrogen) atoms. The summed E-state index contributed by atoms with van der Waals surface area (Å²) in [6.45, 7) is 4.06. The molecular formula is C15H23ClN2O2. The van der Waals surface area contributed by atoms with Crippen molar-refractivity contribution in [2.75, 3.05) is 26.7 Å². The predicted molar refractivity (Wildman–Crippen MR) is 82.5 cm³/mol. The first-order chi connectivity index (χ1) is 9.63. The molecule has 0 aliphatic rings. The molecule has 1 rings (SSSR count). The third-order valence-corrected chi connectivity index (χ3v) is 3.10. The number of hydrogen-bond donors (Lipinski definition) is 2. The van der Waals surface area contributed by atoms with Gasteiger partial charge in [-0.15, -0.1) is 0 Å². The Kier molecular flexibility index (Phi) is 8.07. The van der Waals surface area contributed by atoms with Crippen molar-refractivity contribution in [3.63, 3.8) is 0 Å². The zero-order chi connectivity index (χ0) is 14.8. The van der Waals surface area contributed by atoms with Crippen molar-refractivity contribution in [1.29, 1.82) is 0 Å². The minimum atomic E-state index is 0.0999. The van der Waals surface area contributed by atoms with E-state index in [4.69, 9.17) is 16.3 Å². The Morgan fingerprint density at radius 3 is 2.80 bits per heavy atom. The SMILES string of the molecule is CNCCCC(=O)NCCCOc1ccc(Cl)cc1C. The molecule has 1 aromatic carbocycles. The average Bonchev–Trinajstić information content (AvgIpc) is 2.41. The Hall–Kier alpha value is -1.26. The highest BCUT2D eigenvalue weighted by Gasteiger charge is 2.02. The van der Waals surface area contributed by atoms with E-state index >= 15 is 0 Å². The van der Waals surface area contributed by atoms with Gasteiger partial charge in [-0.05, 0) is 57.1 Å². The molecule has 0 fully saturated rings. The summed E-state index contributed by atoms with van der Waals surface area (Å²) in [7, 11) is 1.88. The van der Waals surface area contributed by atoms with Crippen LogP contribution in [0.2, 0.25) is 5.02 Å². The van der Waals surface area contributed by atoms with Crippen molar-refractivity contribution < 1.29 is 9.53 Å². The Labute approximate surface area is 125 Å². The monoisotopic (exact) mass is 298 g/mol. The number of carbonyl (C=O) groups is 1. The molecular weight excluding hydrogens is 276 g/mol. The third kappa shape index (κ3) is 6.78. The highest BCUT2D eigenvalue weighted by atomic mass is 35.5. The van der Waals surface area contributed by atoms with E-state index < -0.39 is 0 Å². The average molecular weight is 299 g/mol. The lowest BCUT2D eigenvalue weighted by Gasteiger charge is -2.10. The van der Waals surface area contributed by atoms with Crippen molar-refractivity contribution in [3.05, 3.63) is 28.8 Å². The number of ether oxygens (including phenoxy) is 1. The van der Waals surface area contributed by atoms with Crippen molar-refractivity contribution in [2.24, 2.45) is 0 Å². The summed E-state index contributed by atoms with van der Waals surface area (Å²) in [4.78, 5) is 11.4. The standard InChI is InChI=1S/C15H23ClN2O2/c1-12-11-13(16)6-7-14(12)20-10-4-9-18-15(19)5-3-8-17-2/h6-7,11,17H,3-5,8-10H2,1-2H3,(H,18,19). The number of halogens is 1. The number of benzene rings is 1. The van der Waals surface area contributed by atoms with Gasteiger partial charge < -0.3 is 15.4 Å². The number of carbonyl (C=O) groups excluding carboxylic acids is 1. The quantitative estimate of drug-likeness (QED) is 0.689. The molecule has 5 heteroatoms.